The van der Waals surface area contributed by atoms with Crippen molar-refractivity contribution in [3.8, 4) is 0 Å². The number of aliphatic hydroxyl groups is 1. The number of carbonyl (C=O) groups is 4. The van der Waals surface area contributed by atoms with Crippen molar-refractivity contribution < 1.29 is 43.2 Å². The first kappa shape index (κ1) is 30.7. The van der Waals surface area contributed by atoms with Gasteiger partial charge in [-0.25, -0.2) is 19.2 Å². The summed E-state index contributed by atoms with van der Waals surface area (Å²) in [5, 5.41) is 10.4. The number of aliphatic hydroxyl groups excluding tert-OH is 1. The predicted octanol–water partition coefficient (Wildman–Crippen LogP) is 4.42. The van der Waals surface area contributed by atoms with E-state index >= 15 is 0 Å². The van der Waals surface area contributed by atoms with Gasteiger partial charge in [-0.3, -0.25) is 0 Å². The van der Waals surface area contributed by atoms with Crippen LogP contribution in [0.3, 0.4) is 0 Å². The summed E-state index contributed by atoms with van der Waals surface area (Å²) >= 11 is 0. The second-order valence-electron chi connectivity index (χ2n) is 10.2. The predicted molar refractivity (Wildman–Crippen MR) is 129 cm³/mol. The molecule has 0 unspecified atom stereocenters. The minimum Gasteiger partial charge on any atom is -0.461 e. The minimum absolute atomic E-state index is 0.224. The first-order valence-corrected chi connectivity index (χ1v) is 11.6. The fraction of sp³-hybridized carbons (Fsp3) is 0.600. The molecule has 0 saturated carbocycles. The van der Waals surface area contributed by atoms with E-state index in [4.69, 9.17) is 18.9 Å². The second-order valence-corrected chi connectivity index (χ2v) is 10.2. The van der Waals surface area contributed by atoms with Gasteiger partial charge in [0, 0.05) is 13.0 Å². The highest BCUT2D eigenvalue weighted by atomic mass is 16.6. The first-order valence-electron chi connectivity index (χ1n) is 11.6. The van der Waals surface area contributed by atoms with E-state index in [1.807, 2.05) is 0 Å². The van der Waals surface area contributed by atoms with Crippen LogP contribution in [0, 0.1) is 0 Å². The summed E-state index contributed by atoms with van der Waals surface area (Å²) in [5.74, 6) is -0.965. The molecule has 11 nitrogen and oxygen atoms in total. The van der Waals surface area contributed by atoms with Gasteiger partial charge in [0.15, 0.2) is 6.04 Å². The maximum atomic E-state index is 13.4. The van der Waals surface area contributed by atoms with E-state index in [1.54, 1.807) is 85.7 Å². The van der Waals surface area contributed by atoms with Crippen molar-refractivity contribution >= 4 is 24.2 Å². The fourth-order valence-electron chi connectivity index (χ4n) is 2.77. The molecule has 202 valence electrons. The van der Waals surface area contributed by atoms with E-state index in [9.17, 15) is 24.3 Å². The average molecular weight is 511 g/mol. The Morgan fingerprint density at radius 2 is 1.36 bits per heavy atom. The van der Waals surface area contributed by atoms with Crippen LogP contribution >= 0.6 is 0 Å². The molecule has 1 aromatic rings. The maximum Gasteiger partial charge on any atom is 0.439 e. The van der Waals surface area contributed by atoms with E-state index in [0.29, 0.717) is 10.6 Å². The highest BCUT2D eigenvalue weighted by Gasteiger charge is 2.45. The number of rotatable bonds is 7. The Morgan fingerprint density at radius 1 is 0.861 bits per heavy atom. The van der Waals surface area contributed by atoms with Crippen LogP contribution in [-0.2, 0) is 30.3 Å². The molecule has 0 radical (unpaired) electrons. The molecule has 0 heterocycles. The SMILES string of the molecule is CC(C)OC(=O)[C@H](CCO)N(C(=O)OCc1ccccc1)N(C(=O)OC(C)(C)C)C(=O)OC(C)(C)C. The van der Waals surface area contributed by atoms with Gasteiger partial charge in [0.25, 0.3) is 0 Å². The molecule has 1 N–H and O–H groups in total. The normalized spacial score (nSPS) is 12.4. The topological polar surface area (TPSA) is 132 Å². The lowest BCUT2D eigenvalue weighted by Gasteiger charge is -2.37. The molecule has 0 fully saturated rings. The van der Waals surface area contributed by atoms with E-state index in [0.717, 1.165) is 0 Å². The zero-order valence-corrected chi connectivity index (χ0v) is 22.3. The van der Waals surface area contributed by atoms with Crippen LogP contribution in [0.4, 0.5) is 14.4 Å². The number of benzene rings is 1. The molecule has 36 heavy (non-hydrogen) atoms. The van der Waals surface area contributed by atoms with Gasteiger partial charge < -0.3 is 24.1 Å². The summed E-state index contributed by atoms with van der Waals surface area (Å²) in [6.07, 6.45) is -4.75. The van der Waals surface area contributed by atoms with Gasteiger partial charge in [0.2, 0.25) is 0 Å². The standard InChI is InChI=1S/C25H38N2O9/c1-17(2)34-20(29)19(14-15-28)26(21(30)33-16-18-12-10-9-11-13-18)27(22(31)35-24(3,4)5)23(32)36-25(6,7)8/h9-13,17,19,28H,14-16H2,1-8H3/t19-/m0/s1. The molecule has 11 heteroatoms. The van der Waals surface area contributed by atoms with Crippen LogP contribution in [0.2, 0.25) is 0 Å². The number of carbonyl (C=O) groups excluding carboxylic acids is 4. The monoisotopic (exact) mass is 510 g/mol. The van der Waals surface area contributed by atoms with Crippen molar-refractivity contribution in [3.63, 3.8) is 0 Å². The number of imide groups is 1. The van der Waals surface area contributed by atoms with Crippen LogP contribution < -0.4 is 0 Å². The van der Waals surface area contributed by atoms with Crippen molar-refractivity contribution in [1.82, 2.24) is 10.0 Å². The van der Waals surface area contributed by atoms with Crippen LogP contribution in [0.5, 0.6) is 0 Å². The van der Waals surface area contributed by atoms with Crippen molar-refractivity contribution in [2.24, 2.45) is 0 Å². The second kappa shape index (κ2) is 13.1. The largest absolute Gasteiger partial charge is 0.461 e. The van der Waals surface area contributed by atoms with Gasteiger partial charge in [-0.15, -0.1) is 5.01 Å². The Hall–Kier alpha value is -3.34. The summed E-state index contributed by atoms with van der Waals surface area (Å²) in [5.41, 5.74) is -1.51. The molecule has 0 saturated heterocycles. The summed E-state index contributed by atoms with van der Waals surface area (Å²) in [7, 11) is 0. The Morgan fingerprint density at radius 3 is 1.78 bits per heavy atom. The third kappa shape index (κ3) is 10.5. The van der Waals surface area contributed by atoms with Gasteiger partial charge in [-0.05, 0) is 61.0 Å². The van der Waals surface area contributed by atoms with E-state index < -0.39 is 54.2 Å². The molecule has 1 aromatic carbocycles. The molecule has 0 aliphatic heterocycles. The number of amides is 3. The molecule has 0 aromatic heterocycles. The summed E-state index contributed by atoms with van der Waals surface area (Å²) in [6, 6.07) is 7.06. The Kier molecular flexibility index (Phi) is 11.2. The molecule has 1 atom stereocenters. The number of nitrogens with zero attached hydrogens (tertiary/aromatic N) is 2. The highest BCUT2D eigenvalue weighted by molar-refractivity contribution is 5.92. The minimum atomic E-state index is -1.61. The quantitative estimate of drug-likeness (QED) is 0.322. The molecular formula is C25H38N2O9. The molecule has 1 rings (SSSR count). The van der Waals surface area contributed by atoms with E-state index in [-0.39, 0.29) is 18.0 Å². The van der Waals surface area contributed by atoms with Gasteiger partial charge in [0.05, 0.1) is 6.10 Å². The van der Waals surface area contributed by atoms with E-state index in [2.05, 4.69) is 0 Å². The molecule has 0 spiro atoms. The van der Waals surface area contributed by atoms with Crippen molar-refractivity contribution in [3.05, 3.63) is 35.9 Å². The average Bonchev–Trinajstić information content (AvgIpc) is 2.71. The number of hydrogen-bond donors (Lipinski definition) is 1. The molecule has 0 aliphatic carbocycles. The molecular weight excluding hydrogens is 472 g/mol. The van der Waals surface area contributed by atoms with Gasteiger partial charge in [-0.2, -0.15) is 5.01 Å². The first-order chi connectivity index (χ1) is 16.6. The van der Waals surface area contributed by atoms with E-state index in [1.165, 1.54) is 0 Å². The Balaban J connectivity index is 3.57. The Labute approximate surface area is 212 Å². The third-order valence-electron chi connectivity index (χ3n) is 4.06. The van der Waals surface area contributed by atoms with Gasteiger partial charge >= 0.3 is 24.2 Å². The van der Waals surface area contributed by atoms with Crippen molar-refractivity contribution in [2.75, 3.05) is 6.61 Å². The number of hydrazine groups is 1. The lowest BCUT2D eigenvalue weighted by Crippen LogP contribution is -2.61. The summed E-state index contributed by atoms with van der Waals surface area (Å²) in [4.78, 5) is 52.7. The number of ether oxygens (including phenoxy) is 4. The summed E-state index contributed by atoms with van der Waals surface area (Å²) < 4.78 is 21.3. The fourth-order valence-corrected chi connectivity index (χ4v) is 2.77. The summed E-state index contributed by atoms with van der Waals surface area (Å²) in [6.45, 7) is 11.8. The Bertz CT molecular complexity index is 861. The van der Waals surface area contributed by atoms with Crippen LogP contribution in [0.1, 0.15) is 67.4 Å². The van der Waals surface area contributed by atoms with Crippen molar-refractivity contribution in [1.29, 1.82) is 0 Å². The third-order valence-corrected chi connectivity index (χ3v) is 4.06. The van der Waals surface area contributed by atoms with Gasteiger partial charge in [0.1, 0.15) is 17.8 Å². The molecule has 3 amide bonds. The van der Waals surface area contributed by atoms with Crippen LogP contribution in [0.15, 0.2) is 30.3 Å². The van der Waals surface area contributed by atoms with Crippen molar-refractivity contribution in [2.45, 2.75) is 91.8 Å². The maximum absolute atomic E-state index is 13.4. The molecule has 0 aliphatic rings. The van der Waals surface area contributed by atoms with Crippen LogP contribution in [-0.4, -0.2) is 69.3 Å². The number of esters is 1. The van der Waals surface area contributed by atoms with Crippen LogP contribution in [0.25, 0.3) is 0 Å². The zero-order chi connectivity index (χ0) is 27.7. The zero-order valence-electron chi connectivity index (χ0n) is 22.3. The van der Waals surface area contributed by atoms with Gasteiger partial charge in [-0.1, -0.05) is 30.3 Å². The smallest absolute Gasteiger partial charge is 0.439 e. The molecule has 0 bridgehead atoms. The highest BCUT2D eigenvalue weighted by Crippen LogP contribution is 2.22. The number of hydrogen-bond acceptors (Lipinski definition) is 9. The lowest BCUT2D eigenvalue weighted by atomic mass is 10.2. The lowest BCUT2D eigenvalue weighted by molar-refractivity contribution is -0.160.